The molecule has 23 heavy (non-hydrogen) atoms. The minimum Gasteiger partial charge on any atom is -0.264 e. The van der Waals surface area contributed by atoms with Crippen molar-refractivity contribution in [2.45, 2.75) is 26.3 Å². The quantitative estimate of drug-likeness (QED) is 0.820. The highest BCUT2D eigenvalue weighted by molar-refractivity contribution is 7.88. The molecule has 0 spiro atoms. The summed E-state index contributed by atoms with van der Waals surface area (Å²) in [7, 11) is -3.08. The van der Waals surface area contributed by atoms with Crippen molar-refractivity contribution in [2.75, 3.05) is 19.3 Å². The molecule has 1 fully saturated rings. The molecular formula is C15H21N5O2S. The molecule has 0 N–H and O–H groups in total. The van der Waals surface area contributed by atoms with E-state index in [2.05, 4.69) is 15.1 Å². The maximum atomic E-state index is 11.6. The molecule has 0 bridgehead atoms. The lowest BCUT2D eigenvalue weighted by molar-refractivity contribution is 0.459. The Morgan fingerprint density at radius 2 is 2.13 bits per heavy atom. The molecule has 0 unspecified atom stereocenters. The predicted molar refractivity (Wildman–Crippen MR) is 87.2 cm³/mol. The van der Waals surface area contributed by atoms with Crippen LogP contribution in [0.1, 0.15) is 19.0 Å². The Morgan fingerprint density at radius 3 is 2.74 bits per heavy atom. The molecule has 3 rings (SSSR count). The van der Waals surface area contributed by atoms with Gasteiger partial charge in [0.2, 0.25) is 10.0 Å². The van der Waals surface area contributed by atoms with Crippen molar-refractivity contribution in [3.63, 3.8) is 0 Å². The van der Waals surface area contributed by atoms with Crippen molar-refractivity contribution in [1.82, 2.24) is 24.1 Å². The zero-order valence-corrected chi connectivity index (χ0v) is 14.2. The van der Waals surface area contributed by atoms with E-state index in [4.69, 9.17) is 0 Å². The Kier molecular flexibility index (Phi) is 4.45. The summed E-state index contributed by atoms with van der Waals surface area (Å²) < 4.78 is 26.5. The van der Waals surface area contributed by atoms with Gasteiger partial charge >= 0.3 is 0 Å². The molecule has 0 saturated carbocycles. The number of aromatic nitrogens is 4. The Morgan fingerprint density at radius 1 is 1.30 bits per heavy atom. The van der Waals surface area contributed by atoms with Gasteiger partial charge in [-0.2, -0.15) is 5.10 Å². The number of aryl methyl sites for hydroxylation is 1. The summed E-state index contributed by atoms with van der Waals surface area (Å²) in [6.07, 6.45) is 8.20. The van der Waals surface area contributed by atoms with Crippen LogP contribution in [0.2, 0.25) is 0 Å². The normalized spacial score (nSPS) is 19.3. The number of sulfonamides is 1. The van der Waals surface area contributed by atoms with Gasteiger partial charge in [0, 0.05) is 32.0 Å². The summed E-state index contributed by atoms with van der Waals surface area (Å²) in [4.78, 5) is 8.97. The van der Waals surface area contributed by atoms with Crippen LogP contribution in [0.4, 0.5) is 0 Å². The van der Waals surface area contributed by atoms with Crippen molar-refractivity contribution in [3.05, 3.63) is 30.4 Å². The van der Waals surface area contributed by atoms with E-state index >= 15 is 0 Å². The summed E-state index contributed by atoms with van der Waals surface area (Å²) >= 11 is 0. The fraction of sp³-hybridized carbons (Fsp3) is 0.533. The first-order valence-electron chi connectivity index (χ1n) is 7.75. The summed E-state index contributed by atoms with van der Waals surface area (Å²) in [6.45, 7) is 4.00. The fourth-order valence-electron chi connectivity index (χ4n) is 2.96. The van der Waals surface area contributed by atoms with Crippen molar-refractivity contribution in [2.24, 2.45) is 5.92 Å². The lowest BCUT2D eigenvalue weighted by Crippen LogP contribution is -2.27. The van der Waals surface area contributed by atoms with E-state index in [1.165, 1.54) is 6.26 Å². The molecular weight excluding hydrogens is 314 g/mol. The number of nitrogens with zero attached hydrogens (tertiary/aromatic N) is 5. The van der Waals surface area contributed by atoms with E-state index < -0.39 is 10.0 Å². The maximum Gasteiger partial charge on any atom is 0.211 e. The number of hydrogen-bond acceptors (Lipinski definition) is 5. The molecule has 3 heterocycles. The van der Waals surface area contributed by atoms with Gasteiger partial charge in [-0.3, -0.25) is 14.6 Å². The van der Waals surface area contributed by atoms with Gasteiger partial charge < -0.3 is 0 Å². The second-order valence-corrected chi connectivity index (χ2v) is 7.89. The Bertz CT molecular complexity index is 769. The van der Waals surface area contributed by atoms with E-state index in [0.29, 0.717) is 19.0 Å². The van der Waals surface area contributed by atoms with E-state index in [1.54, 1.807) is 22.9 Å². The summed E-state index contributed by atoms with van der Waals surface area (Å²) in [5, 5.41) is 4.23. The topological polar surface area (TPSA) is 81.0 Å². The largest absolute Gasteiger partial charge is 0.264 e. The number of rotatable bonds is 5. The smallest absolute Gasteiger partial charge is 0.211 e. The molecule has 1 aliphatic heterocycles. The Balaban J connectivity index is 1.67. The first-order chi connectivity index (χ1) is 11.0. The molecule has 8 heteroatoms. The third-order valence-corrected chi connectivity index (χ3v) is 5.47. The van der Waals surface area contributed by atoms with Gasteiger partial charge in [-0.1, -0.05) is 0 Å². The van der Waals surface area contributed by atoms with Crippen molar-refractivity contribution >= 4 is 10.0 Å². The number of hydrogen-bond donors (Lipinski definition) is 0. The highest BCUT2D eigenvalue weighted by Crippen LogP contribution is 2.22. The molecule has 0 radical (unpaired) electrons. The molecule has 0 aromatic carbocycles. The van der Waals surface area contributed by atoms with Gasteiger partial charge in [0.1, 0.15) is 5.69 Å². The lowest BCUT2D eigenvalue weighted by Gasteiger charge is -2.13. The van der Waals surface area contributed by atoms with Gasteiger partial charge in [0.25, 0.3) is 0 Å². The zero-order valence-electron chi connectivity index (χ0n) is 13.4. The maximum absolute atomic E-state index is 11.6. The third-order valence-electron chi connectivity index (χ3n) is 4.20. The molecule has 0 aliphatic carbocycles. The first-order valence-corrected chi connectivity index (χ1v) is 9.60. The standard InChI is InChI=1S/C15H21N5O2S/c1-3-20-15(4-6-18-20)14-10-16-13(9-17-14)8-12-5-7-19(11-12)23(2,21)22/h4,6,9-10,12H,3,5,7-8,11H2,1-2H3/t12-/m0/s1. The van der Waals surface area contributed by atoms with E-state index in [-0.39, 0.29) is 0 Å². The van der Waals surface area contributed by atoms with Crippen LogP contribution < -0.4 is 0 Å². The highest BCUT2D eigenvalue weighted by atomic mass is 32.2. The van der Waals surface area contributed by atoms with Crippen LogP contribution in [0.25, 0.3) is 11.4 Å². The molecule has 1 aliphatic rings. The van der Waals surface area contributed by atoms with Crippen LogP contribution >= 0.6 is 0 Å². The third kappa shape index (κ3) is 3.59. The second-order valence-electron chi connectivity index (χ2n) is 5.91. The van der Waals surface area contributed by atoms with E-state index in [9.17, 15) is 8.42 Å². The predicted octanol–water partition coefficient (Wildman–Crippen LogP) is 1.18. The zero-order chi connectivity index (χ0) is 16.4. The van der Waals surface area contributed by atoms with Crippen molar-refractivity contribution in [1.29, 1.82) is 0 Å². The minimum atomic E-state index is -3.08. The molecule has 1 atom stereocenters. The molecule has 2 aromatic heterocycles. The van der Waals surface area contributed by atoms with Gasteiger partial charge in [-0.05, 0) is 31.7 Å². The highest BCUT2D eigenvalue weighted by Gasteiger charge is 2.28. The van der Waals surface area contributed by atoms with Crippen LogP contribution in [-0.2, 0) is 23.0 Å². The van der Waals surface area contributed by atoms with E-state index in [1.807, 2.05) is 17.7 Å². The van der Waals surface area contributed by atoms with Crippen LogP contribution in [0, 0.1) is 5.92 Å². The van der Waals surface area contributed by atoms with Crippen LogP contribution in [-0.4, -0.2) is 51.8 Å². The second kappa shape index (κ2) is 6.37. The van der Waals surface area contributed by atoms with Crippen LogP contribution in [0.15, 0.2) is 24.7 Å². The minimum absolute atomic E-state index is 0.311. The van der Waals surface area contributed by atoms with Crippen LogP contribution in [0.5, 0.6) is 0 Å². The summed E-state index contributed by atoms with van der Waals surface area (Å²) in [6, 6.07) is 1.92. The Labute approximate surface area is 136 Å². The van der Waals surface area contributed by atoms with Gasteiger partial charge in [0.05, 0.1) is 23.8 Å². The van der Waals surface area contributed by atoms with E-state index in [0.717, 1.165) is 36.5 Å². The molecule has 2 aromatic rings. The first kappa shape index (κ1) is 16.1. The van der Waals surface area contributed by atoms with Crippen molar-refractivity contribution < 1.29 is 8.42 Å². The average Bonchev–Trinajstić information content (AvgIpc) is 3.16. The Hall–Kier alpha value is -1.80. The molecule has 1 saturated heterocycles. The average molecular weight is 335 g/mol. The molecule has 124 valence electrons. The van der Waals surface area contributed by atoms with Gasteiger partial charge in [-0.15, -0.1) is 0 Å². The lowest BCUT2D eigenvalue weighted by atomic mass is 10.0. The summed E-state index contributed by atoms with van der Waals surface area (Å²) in [5.74, 6) is 0.311. The van der Waals surface area contributed by atoms with Crippen LogP contribution in [0.3, 0.4) is 0 Å². The van der Waals surface area contributed by atoms with Gasteiger partial charge in [0.15, 0.2) is 0 Å². The molecule has 7 nitrogen and oxygen atoms in total. The van der Waals surface area contributed by atoms with Crippen molar-refractivity contribution in [3.8, 4) is 11.4 Å². The fourth-order valence-corrected chi connectivity index (χ4v) is 3.87. The molecule has 0 amide bonds. The van der Waals surface area contributed by atoms with Gasteiger partial charge in [-0.25, -0.2) is 12.7 Å². The SMILES string of the molecule is CCn1nccc1-c1cnc(C[C@@H]2CCN(S(C)(=O)=O)C2)cn1. The summed E-state index contributed by atoms with van der Waals surface area (Å²) in [5.41, 5.74) is 2.66. The monoisotopic (exact) mass is 335 g/mol.